The van der Waals surface area contributed by atoms with Crippen LogP contribution in [0.2, 0.25) is 20.5 Å². The van der Waals surface area contributed by atoms with Crippen molar-refractivity contribution in [1.29, 1.82) is 4.01 Å². The minimum Gasteiger partial charge on any atom is -0.670 e. The molecule has 6 unspecified atom stereocenters. The van der Waals surface area contributed by atoms with Crippen molar-refractivity contribution in [2.75, 3.05) is 44.2 Å². The minimum absolute atomic E-state index is 0. The van der Waals surface area contributed by atoms with Crippen molar-refractivity contribution < 1.29 is 83.7 Å². The number of aliphatic carboxylic acids is 3. The maximum atomic E-state index is 10.7. The van der Waals surface area contributed by atoms with Crippen LogP contribution in [-0.2, 0) is 62.9 Å². The number of halogens is 1. The summed E-state index contributed by atoms with van der Waals surface area (Å²) in [5.41, 5.74) is 24.3. The van der Waals surface area contributed by atoms with Gasteiger partial charge < -0.3 is 64.0 Å². The number of carboxylic acid groups (broad SMARTS) is 3. The Kier molecular flexibility index (Phi) is 97.4. The van der Waals surface area contributed by atoms with Crippen molar-refractivity contribution in [3.8, 4) is 0 Å². The number of carbonyl (C=O) groups is 6. The van der Waals surface area contributed by atoms with Crippen LogP contribution >= 0.6 is 39.3 Å². The Labute approximate surface area is 365 Å². The van der Waals surface area contributed by atoms with Crippen LogP contribution in [0.4, 0.5) is 0 Å². The molecule has 0 saturated carbocycles. The van der Waals surface area contributed by atoms with Crippen molar-refractivity contribution in [1.82, 2.24) is 10.6 Å². The molecule has 2 radical (unpaired) electrons. The van der Waals surface area contributed by atoms with Crippen LogP contribution in [0.3, 0.4) is 0 Å². The van der Waals surface area contributed by atoms with Crippen molar-refractivity contribution in [3.63, 3.8) is 0 Å². The summed E-state index contributed by atoms with van der Waals surface area (Å²) in [6.45, 7) is 12.5. The first-order chi connectivity index (χ1) is 24.8. The molecule has 0 aliphatic rings. The van der Waals surface area contributed by atoms with Gasteiger partial charge in [0.15, 0.2) is 0 Å². The molecule has 0 rings (SSSR count). The molecule has 0 aliphatic heterocycles. The number of carboxylic acids is 3. The Morgan fingerprint density at radius 3 is 1.17 bits per heavy atom. The van der Waals surface area contributed by atoms with Crippen LogP contribution in [-0.4, -0.2) is 134 Å². The second kappa shape index (κ2) is 73.7. The Morgan fingerprint density at radius 1 is 0.741 bits per heavy atom. The van der Waals surface area contributed by atoms with E-state index in [-0.39, 0.29) is 91.4 Å². The number of nitrogens with one attached hydrogen (secondary N) is 4. The van der Waals surface area contributed by atoms with E-state index in [1.165, 1.54) is 27.2 Å². The SMILES string of the molecule is CC(=O)NCCCC(N)C(C)=O.CC(=O)NCCCC([NH-])C(=O)[O-].CC(=O)O.CCl.O.[3H]B(C)CP.[3H]B(C)CP.[3H]B(C)CP.[Cu+2].[Cu+2].[NH-]C(CCCN)C(=O)[O-]. The predicted octanol–water partition coefficient (Wildman–Crippen LogP) is -1.18. The summed E-state index contributed by atoms with van der Waals surface area (Å²) in [6.07, 6.45) is 4.42. The fraction of sp³-hybridized carbons (Fsp3) is 0.793. The van der Waals surface area contributed by atoms with Gasteiger partial charge in [-0.15, -0.1) is 39.3 Å². The fourth-order valence-electron chi connectivity index (χ4n) is 1.92. The number of nitrogens with two attached hydrogens (primary N) is 2. The Morgan fingerprint density at radius 2 is 0.981 bits per heavy atom. The van der Waals surface area contributed by atoms with Crippen LogP contribution < -0.4 is 32.3 Å². The molecule has 25 heteroatoms. The summed E-state index contributed by atoms with van der Waals surface area (Å²) in [5, 5.41) is 32.5. The topological polar surface area (TPSA) is 324 Å². The van der Waals surface area contributed by atoms with Crippen LogP contribution in [0.15, 0.2) is 0 Å². The summed E-state index contributed by atoms with van der Waals surface area (Å²) in [6, 6.07) is 0.00562. The van der Waals surface area contributed by atoms with E-state index in [9.17, 15) is 34.2 Å². The number of ketones is 1. The largest absolute Gasteiger partial charge is 2.00 e. The van der Waals surface area contributed by atoms with E-state index in [1.807, 2.05) is 20.5 Å². The molecule has 0 fully saturated rings. The second-order valence-electron chi connectivity index (χ2n) is 9.59. The van der Waals surface area contributed by atoms with Gasteiger partial charge in [-0.05, 0) is 43.2 Å². The van der Waals surface area contributed by atoms with E-state index in [1.54, 1.807) is 0 Å². The Bertz CT molecular complexity index is 863. The molecule has 0 bridgehead atoms. The molecular weight excluding hydrogens is 880 g/mol. The molecule has 0 heterocycles. The molecular formula is C29H71B3ClCu2N6O10P3. The molecule has 16 nitrogen and oxygen atoms in total. The minimum atomic E-state index is -1.36. The zero-order valence-corrected chi connectivity index (χ0v) is 39.1. The summed E-state index contributed by atoms with van der Waals surface area (Å²) in [7, 11) is 7.81. The molecule has 6 atom stereocenters. The zero-order valence-electron chi connectivity index (χ0n) is 36.0. The van der Waals surface area contributed by atoms with Gasteiger partial charge in [-0.2, -0.15) is 0 Å². The van der Waals surface area contributed by atoms with Crippen LogP contribution in [0, 0.1) is 0 Å². The average Bonchev–Trinajstić information content (AvgIpc) is 3.08. The van der Waals surface area contributed by atoms with E-state index < -0.39 is 30.0 Å². The number of alkyl halides is 1. The van der Waals surface area contributed by atoms with Gasteiger partial charge in [0.1, 0.15) is 27.5 Å². The van der Waals surface area contributed by atoms with E-state index in [2.05, 4.69) is 50.0 Å². The number of amides is 2. The average molecular weight is 958 g/mol. The molecule has 330 valence electrons. The van der Waals surface area contributed by atoms with Crippen molar-refractivity contribution >= 4 is 96.6 Å². The summed E-state index contributed by atoms with van der Waals surface area (Å²) < 4.78 is 20.4. The molecule has 0 aromatic carbocycles. The maximum Gasteiger partial charge on any atom is 2.00 e. The fourth-order valence-corrected chi connectivity index (χ4v) is 1.92. The van der Waals surface area contributed by atoms with Gasteiger partial charge in [-0.25, -0.2) is 0 Å². The van der Waals surface area contributed by atoms with Crippen LogP contribution in [0.5, 0.6) is 0 Å². The first kappa shape index (κ1) is 71.4. The first-order valence-corrected chi connectivity index (χ1v) is 19.2. The van der Waals surface area contributed by atoms with Gasteiger partial charge in [0.2, 0.25) is 11.8 Å². The van der Waals surface area contributed by atoms with Gasteiger partial charge in [-0.1, -0.05) is 63.6 Å². The van der Waals surface area contributed by atoms with E-state index in [0.717, 1.165) is 31.5 Å². The van der Waals surface area contributed by atoms with Crippen molar-refractivity contribution in [2.45, 2.75) is 105 Å². The molecule has 0 saturated heterocycles. The number of carbonyl (C=O) groups excluding carboxylic acids is 5. The van der Waals surface area contributed by atoms with Gasteiger partial charge in [0.05, 0.1) is 6.04 Å². The third-order valence-corrected chi connectivity index (χ3v) is 6.02. The monoisotopic (exact) mass is 956 g/mol. The summed E-state index contributed by atoms with van der Waals surface area (Å²) in [5.74, 6) is -3.71. The Hall–Kier alpha value is -0.366. The zero-order chi connectivity index (χ0) is 44.8. The van der Waals surface area contributed by atoms with Crippen LogP contribution in [0.25, 0.3) is 11.5 Å². The predicted molar refractivity (Wildman–Crippen MR) is 230 cm³/mol. The third-order valence-electron chi connectivity index (χ3n) is 4.60. The molecule has 2 amide bonds. The number of Topliss-reactive ketones (excluding diaryl/α,β-unsaturated/α-hetero) is 1. The van der Waals surface area contributed by atoms with Crippen LogP contribution in [0.1, 0.15) is 66.2 Å². The number of hydrogen-bond acceptors (Lipinski definition) is 10. The maximum absolute atomic E-state index is 10.7. The smallest absolute Gasteiger partial charge is 0.670 e. The van der Waals surface area contributed by atoms with Gasteiger partial charge >= 0.3 is 34.1 Å². The standard InChI is InChI=1S/C8H16N2O2.C7H13N2O3.C5H11N2O2.3C2H8BP.C2H4O2.CH3Cl.2Cu.H2O/c1-6(11)8(9)4-3-5-10-7(2)12;1-5(10)9-4-2-3-6(8)7(11)12;6-3-1-2-4(7)5(8)9;3*1-3-2-4;1-2(3)4;1-2;;;/h8H,3-5,9H2,1-2H3,(H,10,12);6,8H,2-4H2,1H3,(H,9,10)(H,11,12);4,7H,1-3,6H2,(H,8,9);3*3H,2,4H2,1H3;1H3,(H,3,4);1H3;;;1H2/q;2*-1;;;;;;2*+2;/p-2/i;;;3*3T;;;;;. The van der Waals surface area contributed by atoms with Gasteiger partial charge in [0.25, 0.3) is 5.97 Å². The summed E-state index contributed by atoms with van der Waals surface area (Å²) in [4.78, 5) is 60.3. The van der Waals surface area contributed by atoms with Gasteiger partial charge in [-0.3, -0.25) is 19.2 Å². The van der Waals surface area contributed by atoms with E-state index in [0.29, 0.717) is 45.3 Å². The van der Waals surface area contributed by atoms with E-state index >= 15 is 0 Å². The molecule has 11 N–H and O–H groups in total. The summed E-state index contributed by atoms with van der Waals surface area (Å²) >= 11 is 4.64. The van der Waals surface area contributed by atoms with Crippen molar-refractivity contribution in [3.05, 3.63) is 11.5 Å². The van der Waals surface area contributed by atoms with Gasteiger partial charge in [0, 0.05) is 52.2 Å². The molecule has 0 aromatic heterocycles. The van der Waals surface area contributed by atoms with E-state index in [4.69, 9.17) is 36.8 Å². The normalized spacial score (nSPS) is 10.4. The molecule has 54 heavy (non-hydrogen) atoms. The molecule has 0 aliphatic carbocycles. The molecule has 0 aromatic rings. The first-order valence-electron chi connectivity index (χ1n) is 17.8. The quantitative estimate of drug-likeness (QED) is 0.0500. The van der Waals surface area contributed by atoms with Crippen molar-refractivity contribution in [2.24, 2.45) is 11.5 Å². The number of rotatable bonds is 17. The second-order valence-corrected chi connectivity index (χ2v) is 11.0. The third kappa shape index (κ3) is 124. The molecule has 0 spiro atoms. The number of hydrogen-bond donors (Lipinski definition) is 5. The Balaban J connectivity index is -0.0000000491.